The van der Waals surface area contributed by atoms with Crippen molar-refractivity contribution in [3.8, 4) is 11.5 Å². The molecule has 28 heavy (non-hydrogen) atoms. The zero-order valence-electron chi connectivity index (χ0n) is 16.0. The Labute approximate surface area is 178 Å². The Hall–Kier alpha value is -2.35. The molecule has 2 aromatic carbocycles. The van der Waals surface area contributed by atoms with Crippen LogP contribution in [0.25, 0.3) is 23.1 Å². The quantitative estimate of drug-likeness (QED) is 0.473. The predicted octanol–water partition coefficient (Wildman–Crippen LogP) is 5.02. The normalized spacial score (nSPS) is 14.2. The van der Waals surface area contributed by atoms with Gasteiger partial charge in [0.15, 0.2) is 5.82 Å². The molecule has 1 aliphatic heterocycles. The third kappa shape index (κ3) is 4.06. The molecule has 4 rings (SSSR count). The van der Waals surface area contributed by atoms with Crippen LogP contribution in [0.2, 0.25) is 0 Å². The van der Waals surface area contributed by atoms with Gasteiger partial charge in [-0.2, -0.15) is 0 Å². The maximum Gasteiger partial charge on any atom is 0.154 e. The number of benzene rings is 2. The van der Waals surface area contributed by atoms with Gasteiger partial charge in [-0.3, -0.25) is 0 Å². The summed E-state index contributed by atoms with van der Waals surface area (Å²) in [5.74, 6) is 3.25. The molecule has 1 aliphatic rings. The minimum atomic E-state index is 0.706. The van der Waals surface area contributed by atoms with Gasteiger partial charge in [-0.1, -0.05) is 6.08 Å². The van der Waals surface area contributed by atoms with Crippen LogP contribution in [0, 0.1) is 3.57 Å². The molecule has 0 N–H and O–H groups in total. The fraction of sp³-hybridized carbons (Fsp3) is 0.273. The van der Waals surface area contributed by atoms with Gasteiger partial charge < -0.3 is 14.4 Å². The topological polar surface area (TPSA) is 47.5 Å². The SMILES string of the molecule is COc1cc(/C=C/c2nc(N3CCCC3)c3cc(I)ccc3n2)cc(OC)c1. The number of aromatic nitrogens is 2. The van der Waals surface area contributed by atoms with Crippen molar-refractivity contribution in [1.82, 2.24) is 9.97 Å². The Bertz CT molecular complexity index is 1010. The fourth-order valence-corrected chi connectivity index (χ4v) is 3.93. The van der Waals surface area contributed by atoms with E-state index in [9.17, 15) is 0 Å². The minimum Gasteiger partial charge on any atom is -0.497 e. The standard InChI is InChI=1S/C22H22IN3O2/c1-27-17-11-15(12-18(14-17)28-2)5-8-21-24-20-7-6-16(23)13-19(20)22(25-21)26-9-3-4-10-26/h5-8,11-14H,3-4,9-10H2,1-2H3/b8-5+. The van der Waals surface area contributed by atoms with Crippen LogP contribution < -0.4 is 14.4 Å². The van der Waals surface area contributed by atoms with Crippen molar-refractivity contribution in [2.45, 2.75) is 12.8 Å². The van der Waals surface area contributed by atoms with Crippen molar-refractivity contribution in [2.24, 2.45) is 0 Å². The largest absolute Gasteiger partial charge is 0.497 e. The summed E-state index contributed by atoms with van der Waals surface area (Å²) in [7, 11) is 3.30. The molecule has 5 nitrogen and oxygen atoms in total. The van der Waals surface area contributed by atoms with E-state index >= 15 is 0 Å². The second kappa shape index (κ2) is 8.34. The van der Waals surface area contributed by atoms with Crippen LogP contribution in [-0.2, 0) is 0 Å². The number of methoxy groups -OCH3 is 2. The highest BCUT2D eigenvalue weighted by Gasteiger charge is 2.18. The Balaban J connectivity index is 1.75. The summed E-state index contributed by atoms with van der Waals surface area (Å²) < 4.78 is 11.9. The predicted molar refractivity (Wildman–Crippen MR) is 122 cm³/mol. The van der Waals surface area contributed by atoms with Gasteiger partial charge >= 0.3 is 0 Å². The van der Waals surface area contributed by atoms with E-state index in [0.29, 0.717) is 5.82 Å². The first kappa shape index (κ1) is 19.0. The molecular formula is C22H22IN3O2. The Morgan fingerprint density at radius 2 is 1.64 bits per heavy atom. The van der Waals surface area contributed by atoms with Crippen molar-refractivity contribution >= 4 is 51.5 Å². The molecule has 1 fully saturated rings. The lowest BCUT2D eigenvalue weighted by Gasteiger charge is -2.19. The van der Waals surface area contributed by atoms with E-state index in [1.807, 2.05) is 30.4 Å². The Kier molecular flexibility index (Phi) is 5.66. The number of rotatable bonds is 5. The molecule has 3 aromatic rings. The molecule has 1 aromatic heterocycles. The molecular weight excluding hydrogens is 465 g/mol. The smallest absolute Gasteiger partial charge is 0.154 e. The molecule has 0 unspecified atom stereocenters. The molecule has 0 radical (unpaired) electrons. The van der Waals surface area contributed by atoms with Crippen LogP contribution in [0.4, 0.5) is 5.82 Å². The van der Waals surface area contributed by atoms with Gasteiger partial charge in [-0.05, 0) is 77.4 Å². The van der Waals surface area contributed by atoms with Crippen LogP contribution in [0.15, 0.2) is 36.4 Å². The number of anilines is 1. The van der Waals surface area contributed by atoms with Crippen LogP contribution in [0.1, 0.15) is 24.2 Å². The molecule has 0 aliphatic carbocycles. The molecule has 2 heterocycles. The molecule has 144 valence electrons. The summed E-state index contributed by atoms with van der Waals surface area (Å²) in [6.45, 7) is 2.10. The highest BCUT2D eigenvalue weighted by Crippen LogP contribution is 2.29. The van der Waals surface area contributed by atoms with Crippen molar-refractivity contribution in [1.29, 1.82) is 0 Å². The van der Waals surface area contributed by atoms with Gasteiger partial charge in [0.2, 0.25) is 0 Å². The number of ether oxygens (including phenoxy) is 2. The van der Waals surface area contributed by atoms with E-state index in [2.05, 4.69) is 45.7 Å². The summed E-state index contributed by atoms with van der Waals surface area (Å²) in [4.78, 5) is 12.0. The van der Waals surface area contributed by atoms with Gasteiger partial charge in [0.25, 0.3) is 0 Å². The first-order valence-corrected chi connectivity index (χ1v) is 10.4. The third-order valence-electron chi connectivity index (χ3n) is 4.86. The highest BCUT2D eigenvalue weighted by molar-refractivity contribution is 14.1. The number of hydrogen-bond donors (Lipinski definition) is 0. The van der Waals surface area contributed by atoms with Gasteiger partial charge in [0.1, 0.15) is 17.3 Å². The van der Waals surface area contributed by atoms with Gasteiger partial charge in [-0.25, -0.2) is 9.97 Å². The second-order valence-electron chi connectivity index (χ2n) is 6.74. The van der Waals surface area contributed by atoms with Gasteiger partial charge in [-0.15, -0.1) is 0 Å². The van der Waals surface area contributed by atoms with Crippen LogP contribution in [0.5, 0.6) is 11.5 Å². The second-order valence-corrected chi connectivity index (χ2v) is 7.99. The maximum absolute atomic E-state index is 5.35. The number of nitrogens with zero attached hydrogens (tertiary/aromatic N) is 3. The number of fused-ring (bicyclic) bond motifs is 1. The summed E-state index contributed by atoms with van der Waals surface area (Å²) in [6, 6.07) is 12.1. The van der Waals surface area contributed by atoms with E-state index in [1.54, 1.807) is 14.2 Å². The van der Waals surface area contributed by atoms with Crippen molar-refractivity contribution in [3.63, 3.8) is 0 Å². The van der Waals surface area contributed by atoms with E-state index in [4.69, 9.17) is 19.4 Å². The van der Waals surface area contributed by atoms with Crippen molar-refractivity contribution < 1.29 is 9.47 Å². The zero-order chi connectivity index (χ0) is 19.5. The molecule has 0 amide bonds. The highest BCUT2D eigenvalue weighted by atomic mass is 127. The molecule has 0 spiro atoms. The average Bonchev–Trinajstić information content (AvgIpc) is 3.26. The molecule has 0 saturated carbocycles. The summed E-state index contributed by atoms with van der Waals surface area (Å²) >= 11 is 2.34. The lowest BCUT2D eigenvalue weighted by molar-refractivity contribution is 0.394. The third-order valence-corrected chi connectivity index (χ3v) is 5.53. The minimum absolute atomic E-state index is 0.706. The van der Waals surface area contributed by atoms with E-state index in [1.165, 1.54) is 16.4 Å². The molecule has 1 saturated heterocycles. The first-order chi connectivity index (χ1) is 13.7. The van der Waals surface area contributed by atoms with Gasteiger partial charge in [0.05, 0.1) is 19.7 Å². The maximum atomic E-state index is 5.35. The number of halogens is 1. The summed E-state index contributed by atoms with van der Waals surface area (Å²) in [5, 5.41) is 1.12. The zero-order valence-corrected chi connectivity index (χ0v) is 18.1. The van der Waals surface area contributed by atoms with Crippen LogP contribution in [-0.4, -0.2) is 37.3 Å². The van der Waals surface area contributed by atoms with Crippen molar-refractivity contribution in [3.05, 3.63) is 51.4 Å². The molecule has 0 atom stereocenters. The Morgan fingerprint density at radius 3 is 2.32 bits per heavy atom. The lowest BCUT2D eigenvalue weighted by Crippen LogP contribution is -2.20. The lowest BCUT2D eigenvalue weighted by atomic mass is 10.1. The van der Waals surface area contributed by atoms with Gasteiger partial charge in [0, 0.05) is 28.1 Å². The Morgan fingerprint density at radius 1 is 0.929 bits per heavy atom. The first-order valence-electron chi connectivity index (χ1n) is 9.29. The number of hydrogen-bond acceptors (Lipinski definition) is 5. The fourth-order valence-electron chi connectivity index (χ4n) is 3.44. The van der Waals surface area contributed by atoms with E-state index in [-0.39, 0.29) is 0 Å². The van der Waals surface area contributed by atoms with Crippen LogP contribution >= 0.6 is 22.6 Å². The average molecular weight is 487 g/mol. The molecule has 0 bridgehead atoms. The summed E-state index contributed by atoms with van der Waals surface area (Å²) in [5.41, 5.74) is 1.95. The van der Waals surface area contributed by atoms with E-state index < -0.39 is 0 Å². The molecule has 6 heteroatoms. The van der Waals surface area contributed by atoms with Crippen molar-refractivity contribution in [2.75, 3.05) is 32.2 Å². The van der Waals surface area contributed by atoms with Crippen LogP contribution in [0.3, 0.4) is 0 Å². The van der Waals surface area contributed by atoms with E-state index in [0.717, 1.165) is 46.9 Å². The summed E-state index contributed by atoms with van der Waals surface area (Å²) in [6.07, 6.45) is 6.37. The monoisotopic (exact) mass is 487 g/mol.